The van der Waals surface area contributed by atoms with Gasteiger partial charge in [0.15, 0.2) is 6.29 Å². The average molecular weight is 191 g/mol. The largest absolute Gasteiger partial charge is 0.346 e. The van der Waals surface area contributed by atoms with E-state index in [0.717, 1.165) is 6.42 Å². The molecule has 0 aromatic rings. The van der Waals surface area contributed by atoms with E-state index >= 15 is 0 Å². The van der Waals surface area contributed by atoms with Crippen LogP contribution in [0.5, 0.6) is 0 Å². The van der Waals surface area contributed by atoms with Crippen molar-refractivity contribution in [2.75, 3.05) is 5.88 Å². The Morgan fingerprint density at radius 3 is 3.00 bits per heavy atom. The van der Waals surface area contributed by atoms with E-state index in [9.17, 15) is 0 Å². The van der Waals surface area contributed by atoms with E-state index in [0.29, 0.717) is 5.88 Å². The molecular weight excluding hydrogens is 176 g/mol. The number of hydrogen-bond donors (Lipinski definition) is 0. The quantitative estimate of drug-likeness (QED) is 0.503. The maximum absolute atomic E-state index is 5.67. The van der Waals surface area contributed by atoms with Crippen molar-refractivity contribution in [2.45, 2.75) is 38.8 Å². The fraction of sp³-hybridized carbons (Fsp3) is 0.778. The molecule has 0 bridgehead atoms. The van der Waals surface area contributed by atoms with E-state index in [1.807, 2.05) is 19.9 Å². The van der Waals surface area contributed by atoms with Crippen molar-refractivity contribution in [3.8, 4) is 0 Å². The molecule has 0 amide bonds. The van der Waals surface area contributed by atoms with Crippen LogP contribution in [0.3, 0.4) is 0 Å². The van der Waals surface area contributed by atoms with E-state index in [1.165, 1.54) is 0 Å². The van der Waals surface area contributed by atoms with Gasteiger partial charge in [0.25, 0.3) is 0 Å². The van der Waals surface area contributed by atoms with Gasteiger partial charge >= 0.3 is 0 Å². The van der Waals surface area contributed by atoms with Gasteiger partial charge in [-0.05, 0) is 26.3 Å². The minimum absolute atomic E-state index is 0.111. The van der Waals surface area contributed by atoms with E-state index in [2.05, 4.69) is 6.08 Å². The summed E-state index contributed by atoms with van der Waals surface area (Å²) in [4.78, 5) is 0. The second-order valence-electron chi connectivity index (χ2n) is 3.13. The standard InChI is InChI=1S/C9H15ClO2/c1-7(2)11-9-5-3-4-8(6-10)12-9/h3,5,7-9H,4,6H2,1-2H3/t8-,9-/m1/s1. The maximum atomic E-state index is 5.67. The van der Waals surface area contributed by atoms with Crippen molar-refractivity contribution >= 4 is 11.6 Å². The Kier molecular flexibility index (Phi) is 4.06. The summed E-state index contributed by atoms with van der Waals surface area (Å²) in [5.41, 5.74) is 0. The van der Waals surface area contributed by atoms with Crippen LogP contribution in [0.25, 0.3) is 0 Å². The SMILES string of the molecule is CC(C)O[C@H]1C=CC[C@H](CCl)O1. The van der Waals surface area contributed by atoms with Gasteiger partial charge in [0.05, 0.1) is 12.2 Å². The minimum Gasteiger partial charge on any atom is -0.346 e. The Bertz CT molecular complexity index is 157. The number of alkyl halides is 1. The first-order chi connectivity index (χ1) is 5.72. The van der Waals surface area contributed by atoms with Crippen molar-refractivity contribution in [1.82, 2.24) is 0 Å². The van der Waals surface area contributed by atoms with Gasteiger partial charge in [0.1, 0.15) is 0 Å². The summed E-state index contributed by atoms with van der Waals surface area (Å²) in [6.07, 6.45) is 4.98. The fourth-order valence-electron chi connectivity index (χ4n) is 1.08. The Balaban J connectivity index is 2.35. The highest BCUT2D eigenvalue weighted by atomic mass is 35.5. The summed E-state index contributed by atoms with van der Waals surface area (Å²) in [5, 5.41) is 0. The third-order valence-corrected chi connectivity index (χ3v) is 1.94. The fourth-order valence-corrected chi connectivity index (χ4v) is 1.28. The summed E-state index contributed by atoms with van der Waals surface area (Å²) in [6.45, 7) is 3.98. The molecule has 12 heavy (non-hydrogen) atoms. The van der Waals surface area contributed by atoms with Gasteiger partial charge in [-0.15, -0.1) is 11.6 Å². The van der Waals surface area contributed by atoms with Crippen LogP contribution >= 0.6 is 11.6 Å². The van der Waals surface area contributed by atoms with E-state index in [4.69, 9.17) is 21.1 Å². The Morgan fingerprint density at radius 2 is 2.42 bits per heavy atom. The Labute approximate surface area is 78.5 Å². The summed E-state index contributed by atoms with van der Waals surface area (Å²) in [6, 6.07) is 0. The lowest BCUT2D eigenvalue weighted by atomic mass is 10.2. The van der Waals surface area contributed by atoms with Crippen molar-refractivity contribution in [3.05, 3.63) is 12.2 Å². The predicted octanol–water partition coefficient (Wildman–Crippen LogP) is 2.32. The van der Waals surface area contributed by atoms with Gasteiger partial charge in [0, 0.05) is 5.88 Å². The van der Waals surface area contributed by atoms with Crippen LogP contribution in [0.4, 0.5) is 0 Å². The van der Waals surface area contributed by atoms with Crippen LogP contribution in [-0.2, 0) is 9.47 Å². The number of ether oxygens (including phenoxy) is 2. The summed E-state index contributed by atoms with van der Waals surface area (Å²) < 4.78 is 11.0. The molecule has 0 aromatic carbocycles. The molecule has 70 valence electrons. The van der Waals surface area contributed by atoms with Crippen LogP contribution < -0.4 is 0 Å². The molecule has 1 rings (SSSR count). The Hall–Kier alpha value is -0.0500. The number of halogens is 1. The second-order valence-corrected chi connectivity index (χ2v) is 3.44. The van der Waals surface area contributed by atoms with Crippen molar-refractivity contribution in [1.29, 1.82) is 0 Å². The monoisotopic (exact) mass is 190 g/mol. The molecule has 2 nitrogen and oxygen atoms in total. The first-order valence-electron chi connectivity index (χ1n) is 4.26. The zero-order valence-electron chi connectivity index (χ0n) is 7.50. The summed E-state index contributed by atoms with van der Waals surface area (Å²) in [5.74, 6) is 0.530. The highest BCUT2D eigenvalue weighted by Gasteiger charge is 2.18. The topological polar surface area (TPSA) is 18.5 Å². The third kappa shape index (κ3) is 3.13. The molecule has 2 atom stereocenters. The van der Waals surface area contributed by atoms with Gasteiger partial charge in [-0.1, -0.05) is 6.08 Å². The lowest BCUT2D eigenvalue weighted by molar-refractivity contribution is -0.160. The second kappa shape index (κ2) is 4.85. The van der Waals surface area contributed by atoms with Crippen LogP contribution in [0, 0.1) is 0 Å². The van der Waals surface area contributed by atoms with Crippen LogP contribution in [0.2, 0.25) is 0 Å². The van der Waals surface area contributed by atoms with E-state index in [-0.39, 0.29) is 18.5 Å². The third-order valence-electron chi connectivity index (χ3n) is 1.60. The molecule has 0 radical (unpaired) electrons. The Morgan fingerprint density at radius 1 is 1.67 bits per heavy atom. The van der Waals surface area contributed by atoms with E-state index in [1.54, 1.807) is 0 Å². The predicted molar refractivity (Wildman–Crippen MR) is 49.4 cm³/mol. The van der Waals surface area contributed by atoms with Gasteiger partial charge in [-0.2, -0.15) is 0 Å². The molecule has 0 fully saturated rings. The molecule has 1 aliphatic heterocycles. The number of hydrogen-bond acceptors (Lipinski definition) is 2. The molecule has 0 unspecified atom stereocenters. The van der Waals surface area contributed by atoms with Gasteiger partial charge in [-0.3, -0.25) is 0 Å². The minimum atomic E-state index is -0.206. The van der Waals surface area contributed by atoms with Crippen LogP contribution in [0.1, 0.15) is 20.3 Å². The van der Waals surface area contributed by atoms with Crippen molar-refractivity contribution < 1.29 is 9.47 Å². The lowest BCUT2D eigenvalue weighted by Crippen LogP contribution is -2.29. The highest BCUT2D eigenvalue weighted by molar-refractivity contribution is 6.18. The van der Waals surface area contributed by atoms with E-state index < -0.39 is 0 Å². The van der Waals surface area contributed by atoms with Gasteiger partial charge in [0.2, 0.25) is 0 Å². The van der Waals surface area contributed by atoms with Gasteiger partial charge in [-0.25, -0.2) is 0 Å². The lowest BCUT2D eigenvalue weighted by Gasteiger charge is -2.25. The van der Waals surface area contributed by atoms with Gasteiger partial charge < -0.3 is 9.47 Å². The molecule has 1 heterocycles. The normalized spacial score (nSPS) is 29.7. The molecule has 3 heteroatoms. The van der Waals surface area contributed by atoms with Crippen LogP contribution in [0.15, 0.2) is 12.2 Å². The maximum Gasteiger partial charge on any atom is 0.177 e. The molecule has 0 saturated heterocycles. The smallest absolute Gasteiger partial charge is 0.177 e. The summed E-state index contributed by atoms with van der Waals surface area (Å²) in [7, 11) is 0. The zero-order chi connectivity index (χ0) is 8.97. The average Bonchev–Trinajstić information content (AvgIpc) is 2.03. The molecule has 0 aliphatic carbocycles. The molecule has 0 spiro atoms. The molecule has 0 saturated carbocycles. The molecule has 0 N–H and O–H groups in total. The first-order valence-corrected chi connectivity index (χ1v) is 4.79. The van der Waals surface area contributed by atoms with Crippen LogP contribution in [-0.4, -0.2) is 24.4 Å². The number of rotatable bonds is 3. The van der Waals surface area contributed by atoms with Crippen molar-refractivity contribution in [2.24, 2.45) is 0 Å². The zero-order valence-corrected chi connectivity index (χ0v) is 8.25. The summed E-state index contributed by atoms with van der Waals surface area (Å²) >= 11 is 5.67. The molecule has 0 aromatic heterocycles. The molecular formula is C9H15ClO2. The highest BCUT2D eigenvalue weighted by Crippen LogP contribution is 2.15. The first kappa shape index (κ1) is 10.0. The molecule has 1 aliphatic rings. The van der Waals surface area contributed by atoms with Crippen molar-refractivity contribution in [3.63, 3.8) is 0 Å².